The van der Waals surface area contributed by atoms with Crippen LogP contribution in [0, 0.1) is 5.92 Å². The zero-order chi connectivity index (χ0) is 26.5. The predicted molar refractivity (Wildman–Crippen MR) is 153 cm³/mol. The molecule has 0 radical (unpaired) electrons. The summed E-state index contributed by atoms with van der Waals surface area (Å²) in [4.78, 5) is 23.0. The van der Waals surface area contributed by atoms with Crippen LogP contribution >= 0.6 is 0 Å². The molecule has 0 saturated carbocycles. The number of allylic oxidation sites excluding steroid dienone is 2. The van der Waals surface area contributed by atoms with Crippen molar-refractivity contribution < 1.29 is 19.4 Å². The molecule has 1 unspecified atom stereocenters. The number of hydrogen-bond acceptors (Lipinski definition) is 3. The van der Waals surface area contributed by atoms with E-state index in [0.29, 0.717) is 13.0 Å². The van der Waals surface area contributed by atoms with Crippen LogP contribution in [0.5, 0.6) is 0 Å². The van der Waals surface area contributed by atoms with Gasteiger partial charge < -0.3 is 9.84 Å². The van der Waals surface area contributed by atoms with Gasteiger partial charge >= 0.3 is 11.9 Å². The fourth-order valence-electron chi connectivity index (χ4n) is 4.71. The number of esters is 1. The third kappa shape index (κ3) is 25.8. The maximum atomic E-state index is 12.0. The Morgan fingerprint density at radius 2 is 1.03 bits per heavy atom. The van der Waals surface area contributed by atoms with E-state index in [2.05, 4.69) is 19.1 Å². The Morgan fingerprint density at radius 3 is 1.44 bits per heavy atom. The molecule has 212 valence electrons. The van der Waals surface area contributed by atoms with Crippen molar-refractivity contribution in [2.45, 2.75) is 168 Å². The van der Waals surface area contributed by atoms with Crippen molar-refractivity contribution in [3.8, 4) is 0 Å². The lowest BCUT2D eigenvalue weighted by molar-refractivity contribution is -0.153. The molecular formula is C32H60O4. The lowest BCUT2D eigenvalue weighted by atomic mass is 9.99. The number of carbonyl (C=O) groups is 2. The average Bonchev–Trinajstić information content (AvgIpc) is 2.86. The molecule has 0 aromatic rings. The first-order valence-electron chi connectivity index (χ1n) is 15.6. The molecule has 0 fully saturated rings. The van der Waals surface area contributed by atoms with Gasteiger partial charge in [0.2, 0.25) is 0 Å². The lowest BCUT2D eigenvalue weighted by Crippen LogP contribution is -2.21. The first kappa shape index (κ1) is 34.7. The van der Waals surface area contributed by atoms with Gasteiger partial charge in [0.15, 0.2) is 0 Å². The highest BCUT2D eigenvalue weighted by Crippen LogP contribution is 2.16. The number of carbonyl (C=O) groups excluding carboxylic acids is 1. The number of carboxylic acids is 1. The number of carboxylic acid groups (broad SMARTS) is 1. The van der Waals surface area contributed by atoms with E-state index in [1.807, 2.05) is 6.92 Å². The smallest absolute Gasteiger partial charge is 0.309 e. The second-order valence-electron chi connectivity index (χ2n) is 10.7. The normalized spacial score (nSPS) is 12.3. The molecule has 36 heavy (non-hydrogen) atoms. The lowest BCUT2D eigenvalue weighted by Gasteiger charge is -2.12. The number of unbranched alkanes of at least 4 members (excludes halogenated alkanes) is 19. The summed E-state index contributed by atoms with van der Waals surface area (Å²) in [5.74, 6) is -1.84. The minimum Gasteiger partial charge on any atom is -0.481 e. The van der Waals surface area contributed by atoms with Crippen molar-refractivity contribution in [2.24, 2.45) is 5.92 Å². The van der Waals surface area contributed by atoms with E-state index in [9.17, 15) is 9.59 Å². The van der Waals surface area contributed by atoms with E-state index < -0.39 is 11.9 Å². The Bertz CT molecular complexity index is 514. The summed E-state index contributed by atoms with van der Waals surface area (Å²) in [7, 11) is 0. The van der Waals surface area contributed by atoms with Crippen LogP contribution in [0.4, 0.5) is 0 Å². The summed E-state index contributed by atoms with van der Waals surface area (Å²) in [5, 5.41) is 9.02. The van der Waals surface area contributed by atoms with Gasteiger partial charge in [0.05, 0.1) is 18.9 Å². The number of aliphatic carboxylic acids is 1. The Hall–Kier alpha value is -1.32. The van der Waals surface area contributed by atoms with Crippen molar-refractivity contribution in [3.05, 3.63) is 12.2 Å². The average molecular weight is 509 g/mol. The third-order valence-corrected chi connectivity index (χ3v) is 7.03. The van der Waals surface area contributed by atoms with E-state index in [1.165, 1.54) is 122 Å². The van der Waals surface area contributed by atoms with Gasteiger partial charge in [0.1, 0.15) is 0 Å². The molecule has 0 aliphatic heterocycles. The van der Waals surface area contributed by atoms with Crippen LogP contribution in [-0.4, -0.2) is 23.7 Å². The van der Waals surface area contributed by atoms with Crippen LogP contribution in [0.3, 0.4) is 0 Å². The van der Waals surface area contributed by atoms with Gasteiger partial charge in [-0.15, -0.1) is 0 Å². The van der Waals surface area contributed by atoms with E-state index >= 15 is 0 Å². The highest BCUT2D eigenvalue weighted by atomic mass is 16.5. The second-order valence-corrected chi connectivity index (χ2v) is 10.7. The van der Waals surface area contributed by atoms with Gasteiger partial charge in [0, 0.05) is 0 Å². The van der Waals surface area contributed by atoms with Crippen molar-refractivity contribution in [3.63, 3.8) is 0 Å². The summed E-state index contributed by atoms with van der Waals surface area (Å²) in [5.41, 5.74) is 0. The first-order chi connectivity index (χ1) is 17.6. The molecule has 4 heteroatoms. The van der Waals surface area contributed by atoms with Crippen LogP contribution in [0.25, 0.3) is 0 Å². The number of ether oxygens (including phenoxy) is 1. The van der Waals surface area contributed by atoms with Crippen molar-refractivity contribution >= 4 is 11.9 Å². The van der Waals surface area contributed by atoms with Gasteiger partial charge in [-0.2, -0.15) is 0 Å². The molecule has 1 atom stereocenters. The standard InChI is InChI=1S/C32H60O4/c1-3-5-6-7-8-9-10-11-12-13-14-15-16-17-18-19-20-21-22-23-24-25-26-27-30(29-31(33)34)32(35)36-28-4-2/h24-25,30H,3-23,26-29H2,1-2H3,(H,33,34)/b25-24+. The fourth-order valence-corrected chi connectivity index (χ4v) is 4.71. The zero-order valence-electron chi connectivity index (χ0n) is 24.1. The van der Waals surface area contributed by atoms with Gasteiger partial charge in [-0.3, -0.25) is 9.59 Å². The van der Waals surface area contributed by atoms with E-state index in [1.54, 1.807) is 0 Å². The molecule has 0 aliphatic rings. The van der Waals surface area contributed by atoms with E-state index in [-0.39, 0.29) is 12.4 Å². The molecule has 4 nitrogen and oxygen atoms in total. The fraction of sp³-hybridized carbons (Fsp3) is 0.875. The van der Waals surface area contributed by atoms with Crippen LogP contribution in [0.15, 0.2) is 12.2 Å². The van der Waals surface area contributed by atoms with Crippen molar-refractivity contribution in [2.75, 3.05) is 6.61 Å². The van der Waals surface area contributed by atoms with Crippen LogP contribution in [-0.2, 0) is 14.3 Å². The summed E-state index contributed by atoms with van der Waals surface area (Å²) in [6, 6.07) is 0. The molecule has 1 N–H and O–H groups in total. The molecule has 0 heterocycles. The summed E-state index contributed by atoms with van der Waals surface area (Å²) < 4.78 is 5.13. The van der Waals surface area contributed by atoms with Gasteiger partial charge in [-0.1, -0.05) is 142 Å². The van der Waals surface area contributed by atoms with Gasteiger partial charge in [0.25, 0.3) is 0 Å². The maximum absolute atomic E-state index is 12.0. The first-order valence-corrected chi connectivity index (χ1v) is 15.6. The molecule has 0 rings (SSSR count). The zero-order valence-corrected chi connectivity index (χ0v) is 24.1. The van der Waals surface area contributed by atoms with Crippen LogP contribution in [0.1, 0.15) is 168 Å². The minimum absolute atomic E-state index is 0.143. The predicted octanol–water partition coefficient (Wildman–Crippen LogP) is 10.2. The Morgan fingerprint density at radius 1 is 0.611 bits per heavy atom. The van der Waals surface area contributed by atoms with Gasteiger partial charge in [-0.05, 0) is 32.1 Å². The molecule has 0 amide bonds. The highest BCUT2D eigenvalue weighted by molar-refractivity contribution is 5.79. The molecule has 0 bridgehead atoms. The number of rotatable bonds is 28. The van der Waals surface area contributed by atoms with Gasteiger partial charge in [-0.25, -0.2) is 0 Å². The molecule has 0 spiro atoms. The Labute approximate surface area is 224 Å². The Balaban J connectivity index is 3.41. The number of hydrogen-bond donors (Lipinski definition) is 1. The van der Waals surface area contributed by atoms with Crippen LogP contribution in [0.2, 0.25) is 0 Å². The summed E-state index contributed by atoms with van der Waals surface area (Å²) >= 11 is 0. The maximum Gasteiger partial charge on any atom is 0.309 e. The van der Waals surface area contributed by atoms with E-state index in [0.717, 1.165) is 19.3 Å². The molecule has 0 aliphatic carbocycles. The van der Waals surface area contributed by atoms with Crippen LogP contribution < -0.4 is 0 Å². The largest absolute Gasteiger partial charge is 0.481 e. The quantitative estimate of drug-likeness (QED) is 0.0648. The summed E-state index contributed by atoms with van der Waals surface area (Å²) in [6.45, 7) is 4.58. The SMILES string of the molecule is CCCCCCCCCCCCCCCCCCCCC/C=C/CCC(CC(=O)O)C(=O)OCCC. The monoisotopic (exact) mass is 508 g/mol. The topological polar surface area (TPSA) is 63.6 Å². The van der Waals surface area contributed by atoms with Crippen molar-refractivity contribution in [1.82, 2.24) is 0 Å². The third-order valence-electron chi connectivity index (χ3n) is 7.03. The summed E-state index contributed by atoms with van der Waals surface area (Å²) in [6.07, 6.45) is 33.8. The minimum atomic E-state index is -0.938. The highest BCUT2D eigenvalue weighted by Gasteiger charge is 2.22. The molecular weight excluding hydrogens is 448 g/mol. The molecule has 0 saturated heterocycles. The Kier molecular flexibility index (Phi) is 27.2. The molecule has 0 aromatic carbocycles. The molecule has 0 aromatic heterocycles. The second kappa shape index (κ2) is 28.3. The van der Waals surface area contributed by atoms with E-state index in [4.69, 9.17) is 9.84 Å². The van der Waals surface area contributed by atoms with Crippen molar-refractivity contribution in [1.29, 1.82) is 0 Å².